The summed E-state index contributed by atoms with van der Waals surface area (Å²) in [6, 6.07) is 0. The van der Waals surface area contributed by atoms with Crippen molar-refractivity contribution in [3.05, 3.63) is 0 Å². The maximum Gasteiger partial charge on any atom is 0.334 e. The molecule has 4 nitrogen and oxygen atoms in total. The molecule has 1 saturated carbocycles. The Morgan fingerprint density at radius 1 is 1.56 bits per heavy atom. The van der Waals surface area contributed by atoms with Crippen LogP contribution in [0.3, 0.4) is 0 Å². The summed E-state index contributed by atoms with van der Waals surface area (Å²) in [5.74, 6) is -0.375. The summed E-state index contributed by atoms with van der Waals surface area (Å²) in [5.41, 5.74) is 5.62. The normalized spacial score (nSPS) is 31.0. The van der Waals surface area contributed by atoms with Crippen LogP contribution in [0.2, 0.25) is 0 Å². The van der Waals surface area contributed by atoms with Crippen LogP contribution in [0.25, 0.3) is 0 Å². The van der Waals surface area contributed by atoms with Crippen molar-refractivity contribution < 1.29 is 14.6 Å². The van der Waals surface area contributed by atoms with Gasteiger partial charge in [0.15, 0.2) is 6.10 Å². The van der Waals surface area contributed by atoms with Crippen LogP contribution in [0.1, 0.15) is 40.0 Å². The average molecular weight is 229 g/mol. The van der Waals surface area contributed by atoms with Gasteiger partial charge in [-0.3, -0.25) is 0 Å². The lowest BCUT2D eigenvalue weighted by atomic mass is 9.71. The Labute approximate surface area is 97.2 Å². The maximum absolute atomic E-state index is 10.8. The molecule has 0 heterocycles. The van der Waals surface area contributed by atoms with Crippen molar-refractivity contribution in [2.24, 2.45) is 17.1 Å². The number of hydrogen-bond acceptors (Lipinski definition) is 3. The highest BCUT2D eigenvalue weighted by Gasteiger charge is 2.34. The topological polar surface area (TPSA) is 72.5 Å². The fourth-order valence-electron chi connectivity index (χ4n) is 2.81. The van der Waals surface area contributed by atoms with E-state index in [9.17, 15) is 4.79 Å². The molecular formula is C12H23NO3. The van der Waals surface area contributed by atoms with Crippen molar-refractivity contribution in [3.63, 3.8) is 0 Å². The van der Waals surface area contributed by atoms with Gasteiger partial charge < -0.3 is 15.6 Å². The first-order chi connectivity index (χ1) is 7.34. The minimum atomic E-state index is -0.960. The van der Waals surface area contributed by atoms with E-state index in [1.54, 1.807) is 0 Å². The number of carboxylic acids is 1. The van der Waals surface area contributed by atoms with Gasteiger partial charge in [-0.05, 0) is 30.6 Å². The van der Waals surface area contributed by atoms with Crippen molar-refractivity contribution in [1.82, 2.24) is 0 Å². The second-order valence-electron chi connectivity index (χ2n) is 5.73. The van der Waals surface area contributed by atoms with Crippen molar-refractivity contribution in [2.45, 2.75) is 52.2 Å². The van der Waals surface area contributed by atoms with Gasteiger partial charge in [-0.15, -0.1) is 0 Å². The van der Waals surface area contributed by atoms with Gasteiger partial charge in [0.2, 0.25) is 0 Å². The smallest absolute Gasteiger partial charge is 0.334 e. The van der Waals surface area contributed by atoms with Crippen molar-refractivity contribution >= 4 is 5.97 Å². The number of rotatable bonds is 4. The SMILES string of the molecule is CC1CC(OC(CN)C(=O)O)CC(C)(C)C1. The lowest BCUT2D eigenvalue weighted by molar-refractivity contribution is -0.157. The lowest BCUT2D eigenvalue weighted by Gasteiger charge is -2.39. The fourth-order valence-corrected chi connectivity index (χ4v) is 2.81. The van der Waals surface area contributed by atoms with Gasteiger partial charge in [-0.2, -0.15) is 0 Å². The molecule has 3 N–H and O–H groups in total. The molecule has 94 valence electrons. The molecule has 4 heteroatoms. The highest BCUT2D eigenvalue weighted by Crippen LogP contribution is 2.39. The van der Waals surface area contributed by atoms with Crippen LogP contribution >= 0.6 is 0 Å². The number of aliphatic carboxylic acids is 1. The van der Waals surface area contributed by atoms with Gasteiger partial charge in [0.05, 0.1) is 6.10 Å². The van der Waals surface area contributed by atoms with E-state index in [2.05, 4.69) is 20.8 Å². The van der Waals surface area contributed by atoms with Gasteiger partial charge in [0, 0.05) is 6.54 Å². The molecule has 1 aliphatic rings. The fraction of sp³-hybridized carbons (Fsp3) is 0.917. The molecule has 0 aromatic heterocycles. The molecule has 0 aromatic rings. The first kappa shape index (κ1) is 13.5. The summed E-state index contributed by atoms with van der Waals surface area (Å²) >= 11 is 0. The molecule has 0 spiro atoms. The second kappa shape index (κ2) is 5.15. The summed E-state index contributed by atoms with van der Waals surface area (Å²) in [6.45, 7) is 6.64. The van der Waals surface area contributed by atoms with Crippen LogP contribution in [0.15, 0.2) is 0 Å². The molecule has 3 atom stereocenters. The zero-order chi connectivity index (χ0) is 12.3. The molecule has 3 unspecified atom stereocenters. The number of nitrogens with two attached hydrogens (primary N) is 1. The Morgan fingerprint density at radius 3 is 2.62 bits per heavy atom. The van der Waals surface area contributed by atoms with Crippen molar-refractivity contribution in [2.75, 3.05) is 6.54 Å². The van der Waals surface area contributed by atoms with E-state index in [0.717, 1.165) is 12.8 Å². The molecular weight excluding hydrogens is 206 g/mol. The van der Waals surface area contributed by atoms with Gasteiger partial charge >= 0.3 is 5.97 Å². The highest BCUT2D eigenvalue weighted by molar-refractivity contribution is 5.72. The summed E-state index contributed by atoms with van der Waals surface area (Å²) in [7, 11) is 0. The van der Waals surface area contributed by atoms with E-state index >= 15 is 0 Å². The first-order valence-electron chi connectivity index (χ1n) is 5.92. The zero-order valence-electron chi connectivity index (χ0n) is 10.4. The van der Waals surface area contributed by atoms with Crippen molar-refractivity contribution in [1.29, 1.82) is 0 Å². The molecule has 0 bridgehead atoms. The Bertz CT molecular complexity index is 253. The molecule has 1 fully saturated rings. The minimum absolute atomic E-state index is 0.0309. The molecule has 1 aliphatic carbocycles. The van der Waals surface area contributed by atoms with E-state index in [1.165, 1.54) is 6.42 Å². The van der Waals surface area contributed by atoms with Crippen LogP contribution < -0.4 is 5.73 Å². The number of hydrogen-bond donors (Lipinski definition) is 2. The third-order valence-corrected chi connectivity index (χ3v) is 3.19. The van der Waals surface area contributed by atoms with Crippen LogP contribution in [0.4, 0.5) is 0 Å². The van der Waals surface area contributed by atoms with E-state index < -0.39 is 12.1 Å². The Kier molecular flexibility index (Phi) is 4.33. The predicted octanol–water partition coefficient (Wildman–Crippen LogP) is 1.63. The Balaban J connectivity index is 2.56. The monoisotopic (exact) mass is 229 g/mol. The predicted molar refractivity (Wildman–Crippen MR) is 62.1 cm³/mol. The summed E-state index contributed by atoms with van der Waals surface area (Å²) in [5, 5.41) is 8.89. The standard InChI is InChI=1S/C12H23NO3/c1-8-4-9(6-12(2,3)5-8)16-10(7-13)11(14)15/h8-10H,4-7,13H2,1-3H3,(H,14,15). The van der Waals surface area contributed by atoms with Crippen LogP contribution in [-0.2, 0) is 9.53 Å². The van der Waals surface area contributed by atoms with Gasteiger partial charge in [0.25, 0.3) is 0 Å². The molecule has 16 heavy (non-hydrogen) atoms. The van der Waals surface area contributed by atoms with Crippen LogP contribution in [-0.4, -0.2) is 29.8 Å². The van der Waals surface area contributed by atoms with Gasteiger partial charge in [-0.25, -0.2) is 4.79 Å². The second-order valence-corrected chi connectivity index (χ2v) is 5.73. The summed E-state index contributed by atoms with van der Waals surface area (Å²) < 4.78 is 5.58. The largest absolute Gasteiger partial charge is 0.479 e. The molecule has 0 radical (unpaired) electrons. The molecule has 1 rings (SSSR count). The third-order valence-electron chi connectivity index (χ3n) is 3.19. The number of ether oxygens (including phenoxy) is 1. The number of carboxylic acid groups (broad SMARTS) is 1. The lowest BCUT2D eigenvalue weighted by Crippen LogP contribution is -2.40. The summed E-state index contributed by atoms with van der Waals surface area (Å²) in [4.78, 5) is 10.8. The highest BCUT2D eigenvalue weighted by atomic mass is 16.5. The first-order valence-corrected chi connectivity index (χ1v) is 5.92. The average Bonchev–Trinajstić information content (AvgIpc) is 2.10. The van der Waals surface area contributed by atoms with E-state index in [-0.39, 0.29) is 18.1 Å². The minimum Gasteiger partial charge on any atom is -0.479 e. The third kappa shape index (κ3) is 3.76. The van der Waals surface area contributed by atoms with Crippen molar-refractivity contribution in [3.8, 4) is 0 Å². The van der Waals surface area contributed by atoms with E-state index in [0.29, 0.717) is 5.92 Å². The molecule has 0 aromatic carbocycles. The van der Waals surface area contributed by atoms with E-state index in [1.807, 2.05) is 0 Å². The van der Waals surface area contributed by atoms with Crippen LogP contribution in [0.5, 0.6) is 0 Å². The van der Waals surface area contributed by atoms with Gasteiger partial charge in [-0.1, -0.05) is 20.8 Å². The zero-order valence-corrected chi connectivity index (χ0v) is 10.4. The van der Waals surface area contributed by atoms with E-state index in [4.69, 9.17) is 15.6 Å². The van der Waals surface area contributed by atoms with Crippen LogP contribution in [0, 0.1) is 11.3 Å². The Morgan fingerprint density at radius 2 is 2.19 bits per heavy atom. The van der Waals surface area contributed by atoms with Gasteiger partial charge in [0.1, 0.15) is 0 Å². The summed E-state index contributed by atoms with van der Waals surface area (Å²) in [6.07, 6.45) is 2.20. The maximum atomic E-state index is 10.8. The molecule has 0 amide bonds. The quantitative estimate of drug-likeness (QED) is 0.768. The number of carbonyl (C=O) groups is 1. The Hall–Kier alpha value is -0.610. The molecule has 0 aliphatic heterocycles. The molecule has 0 saturated heterocycles.